The van der Waals surface area contributed by atoms with Crippen molar-refractivity contribution in [2.45, 2.75) is 18.9 Å². The molecular weight excluding hydrogens is 249 g/mol. The number of hydrogen-bond acceptors (Lipinski definition) is 2. The smallest absolute Gasteiger partial charge is 0.166 e. The molecular formula is C10H11BrFNO. The Morgan fingerprint density at radius 1 is 1.50 bits per heavy atom. The summed E-state index contributed by atoms with van der Waals surface area (Å²) in [5.41, 5.74) is 6.39. The summed E-state index contributed by atoms with van der Waals surface area (Å²) in [5, 5.41) is 9.49. The SMILES string of the molecule is NC(c1cc(Br)cc(F)c1O)C1CC1. The van der Waals surface area contributed by atoms with Gasteiger partial charge in [0.25, 0.3) is 0 Å². The molecule has 1 unspecified atom stereocenters. The summed E-state index contributed by atoms with van der Waals surface area (Å²) in [5.74, 6) is -0.535. The summed E-state index contributed by atoms with van der Waals surface area (Å²) in [4.78, 5) is 0. The van der Waals surface area contributed by atoms with Gasteiger partial charge in [-0.2, -0.15) is 0 Å². The minimum Gasteiger partial charge on any atom is -0.505 e. The van der Waals surface area contributed by atoms with Gasteiger partial charge in [-0.05, 0) is 30.9 Å². The summed E-state index contributed by atoms with van der Waals surface area (Å²) < 4.78 is 13.8. The Bertz CT molecular complexity index is 365. The van der Waals surface area contributed by atoms with E-state index in [0.717, 1.165) is 12.8 Å². The largest absolute Gasteiger partial charge is 0.505 e. The second kappa shape index (κ2) is 3.51. The maximum absolute atomic E-state index is 13.1. The molecule has 1 aromatic carbocycles. The minimum absolute atomic E-state index is 0.248. The van der Waals surface area contributed by atoms with Gasteiger partial charge in [-0.3, -0.25) is 0 Å². The Hall–Kier alpha value is -0.610. The molecule has 0 aliphatic heterocycles. The number of phenolic OH excluding ortho intramolecular Hbond substituents is 1. The molecule has 1 atom stereocenters. The Labute approximate surface area is 90.1 Å². The zero-order valence-electron chi connectivity index (χ0n) is 7.50. The zero-order valence-corrected chi connectivity index (χ0v) is 9.09. The molecule has 0 saturated heterocycles. The van der Waals surface area contributed by atoms with Crippen molar-refractivity contribution in [1.29, 1.82) is 0 Å². The van der Waals surface area contributed by atoms with Crippen LogP contribution in [0.15, 0.2) is 16.6 Å². The van der Waals surface area contributed by atoms with E-state index in [-0.39, 0.29) is 11.8 Å². The highest BCUT2D eigenvalue weighted by Gasteiger charge is 2.31. The summed E-state index contributed by atoms with van der Waals surface area (Å²) in [7, 11) is 0. The molecule has 1 saturated carbocycles. The third-order valence-electron chi connectivity index (χ3n) is 2.55. The lowest BCUT2D eigenvalue weighted by Gasteiger charge is -2.13. The highest BCUT2D eigenvalue weighted by Crippen LogP contribution is 2.43. The molecule has 3 N–H and O–H groups in total. The normalized spacial score (nSPS) is 18.2. The van der Waals surface area contributed by atoms with Crippen molar-refractivity contribution >= 4 is 15.9 Å². The molecule has 4 heteroatoms. The average Bonchev–Trinajstić information content (AvgIpc) is 2.93. The fraction of sp³-hybridized carbons (Fsp3) is 0.400. The predicted molar refractivity (Wildman–Crippen MR) is 55.4 cm³/mol. The first-order chi connectivity index (χ1) is 6.59. The van der Waals surface area contributed by atoms with Gasteiger partial charge in [0.2, 0.25) is 0 Å². The third-order valence-corrected chi connectivity index (χ3v) is 3.00. The first-order valence-electron chi connectivity index (χ1n) is 4.53. The average molecular weight is 260 g/mol. The monoisotopic (exact) mass is 259 g/mol. The molecule has 2 rings (SSSR count). The van der Waals surface area contributed by atoms with E-state index in [2.05, 4.69) is 15.9 Å². The molecule has 0 bridgehead atoms. The van der Waals surface area contributed by atoms with Crippen LogP contribution in [-0.4, -0.2) is 5.11 Å². The van der Waals surface area contributed by atoms with Crippen molar-refractivity contribution in [1.82, 2.24) is 0 Å². The van der Waals surface area contributed by atoms with Crippen LogP contribution in [0.25, 0.3) is 0 Å². The van der Waals surface area contributed by atoms with E-state index >= 15 is 0 Å². The fourth-order valence-electron chi connectivity index (χ4n) is 1.55. The van der Waals surface area contributed by atoms with Crippen molar-refractivity contribution in [3.63, 3.8) is 0 Å². The van der Waals surface area contributed by atoms with Crippen LogP contribution in [-0.2, 0) is 0 Å². The Morgan fingerprint density at radius 3 is 2.71 bits per heavy atom. The Balaban J connectivity index is 2.39. The van der Waals surface area contributed by atoms with Crippen molar-refractivity contribution in [2.75, 3.05) is 0 Å². The van der Waals surface area contributed by atoms with E-state index in [0.29, 0.717) is 16.0 Å². The zero-order chi connectivity index (χ0) is 10.3. The number of phenols is 1. The first kappa shape index (κ1) is 9.93. The van der Waals surface area contributed by atoms with Crippen molar-refractivity contribution in [3.8, 4) is 5.75 Å². The van der Waals surface area contributed by atoms with Crippen LogP contribution in [0.4, 0.5) is 4.39 Å². The summed E-state index contributed by atoms with van der Waals surface area (Å²) in [6.45, 7) is 0. The maximum Gasteiger partial charge on any atom is 0.166 e. The predicted octanol–water partition coefficient (Wildman–Crippen LogP) is 2.70. The lowest BCUT2D eigenvalue weighted by atomic mass is 10.0. The van der Waals surface area contributed by atoms with Crippen LogP contribution < -0.4 is 5.73 Å². The highest BCUT2D eigenvalue weighted by atomic mass is 79.9. The van der Waals surface area contributed by atoms with Crippen molar-refractivity contribution < 1.29 is 9.50 Å². The molecule has 0 spiro atoms. The van der Waals surface area contributed by atoms with Crippen LogP contribution in [0.3, 0.4) is 0 Å². The van der Waals surface area contributed by atoms with Gasteiger partial charge in [0, 0.05) is 16.1 Å². The first-order valence-corrected chi connectivity index (χ1v) is 5.32. The van der Waals surface area contributed by atoms with Gasteiger partial charge in [-0.15, -0.1) is 0 Å². The van der Waals surface area contributed by atoms with Crippen molar-refractivity contribution in [3.05, 3.63) is 28.0 Å². The number of nitrogens with two attached hydrogens (primary N) is 1. The number of benzene rings is 1. The number of halogens is 2. The number of rotatable bonds is 2. The van der Waals surface area contributed by atoms with Crippen LogP contribution in [0, 0.1) is 11.7 Å². The highest BCUT2D eigenvalue weighted by molar-refractivity contribution is 9.10. The van der Waals surface area contributed by atoms with Crippen LogP contribution >= 0.6 is 15.9 Å². The molecule has 2 nitrogen and oxygen atoms in total. The molecule has 1 aliphatic carbocycles. The fourth-order valence-corrected chi connectivity index (χ4v) is 2.00. The van der Waals surface area contributed by atoms with Gasteiger partial charge < -0.3 is 10.8 Å². The molecule has 1 aromatic rings. The minimum atomic E-state index is -0.620. The van der Waals surface area contributed by atoms with Crippen LogP contribution in [0.1, 0.15) is 24.4 Å². The summed E-state index contributed by atoms with van der Waals surface area (Å²) >= 11 is 3.18. The number of hydrogen-bond donors (Lipinski definition) is 2. The number of aromatic hydroxyl groups is 1. The maximum atomic E-state index is 13.1. The standard InChI is InChI=1S/C10H11BrFNO/c11-6-3-7(9(13)5-1-2-5)10(14)8(12)4-6/h3-5,9,14H,1-2,13H2. The quantitative estimate of drug-likeness (QED) is 0.858. The van der Waals surface area contributed by atoms with E-state index in [9.17, 15) is 9.50 Å². The van der Waals surface area contributed by atoms with E-state index in [1.165, 1.54) is 6.07 Å². The second-order valence-corrected chi connectivity index (χ2v) is 4.60. The van der Waals surface area contributed by atoms with Gasteiger partial charge in [0.15, 0.2) is 11.6 Å². The van der Waals surface area contributed by atoms with Gasteiger partial charge >= 0.3 is 0 Å². The van der Waals surface area contributed by atoms with E-state index in [1.54, 1.807) is 6.07 Å². The Kier molecular flexibility index (Phi) is 2.49. The van der Waals surface area contributed by atoms with Crippen LogP contribution in [0.2, 0.25) is 0 Å². The molecule has 1 fully saturated rings. The molecule has 14 heavy (non-hydrogen) atoms. The van der Waals surface area contributed by atoms with E-state index in [1.807, 2.05) is 0 Å². The van der Waals surface area contributed by atoms with Gasteiger partial charge in [-0.1, -0.05) is 15.9 Å². The summed E-state index contributed by atoms with van der Waals surface area (Å²) in [6, 6.07) is 2.67. The van der Waals surface area contributed by atoms with E-state index < -0.39 is 5.82 Å². The molecule has 0 heterocycles. The molecule has 0 radical (unpaired) electrons. The van der Waals surface area contributed by atoms with Gasteiger partial charge in [0.1, 0.15) is 0 Å². The molecule has 0 amide bonds. The lowest BCUT2D eigenvalue weighted by Crippen LogP contribution is -2.13. The topological polar surface area (TPSA) is 46.2 Å². The summed E-state index contributed by atoms with van der Waals surface area (Å²) in [6.07, 6.45) is 2.13. The second-order valence-electron chi connectivity index (χ2n) is 3.69. The molecule has 76 valence electrons. The van der Waals surface area contributed by atoms with Gasteiger partial charge in [0.05, 0.1) is 0 Å². The van der Waals surface area contributed by atoms with E-state index in [4.69, 9.17) is 5.73 Å². The van der Waals surface area contributed by atoms with Gasteiger partial charge in [-0.25, -0.2) is 4.39 Å². The Morgan fingerprint density at radius 2 is 2.14 bits per heavy atom. The molecule has 1 aliphatic rings. The lowest BCUT2D eigenvalue weighted by molar-refractivity contribution is 0.416. The van der Waals surface area contributed by atoms with Crippen molar-refractivity contribution in [2.24, 2.45) is 11.7 Å². The van der Waals surface area contributed by atoms with Crippen LogP contribution in [0.5, 0.6) is 5.75 Å². The third kappa shape index (κ3) is 1.77. The molecule has 0 aromatic heterocycles.